The summed E-state index contributed by atoms with van der Waals surface area (Å²) in [7, 11) is 0. The van der Waals surface area contributed by atoms with E-state index in [9.17, 15) is 9.59 Å². The van der Waals surface area contributed by atoms with Crippen molar-refractivity contribution in [3.63, 3.8) is 0 Å². The molecule has 0 saturated heterocycles. The molecule has 0 aliphatic carbocycles. The van der Waals surface area contributed by atoms with Crippen LogP contribution in [0, 0.1) is 0 Å². The van der Waals surface area contributed by atoms with Crippen molar-refractivity contribution in [3.05, 3.63) is 48.0 Å². The molecule has 0 spiro atoms. The molecule has 3 rings (SSSR count). The summed E-state index contributed by atoms with van der Waals surface area (Å²) < 4.78 is 16.2. The van der Waals surface area contributed by atoms with Gasteiger partial charge < -0.3 is 19.5 Å². The molecule has 7 heteroatoms. The zero-order valence-electron chi connectivity index (χ0n) is 15.5. The van der Waals surface area contributed by atoms with E-state index < -0.39 is 11.7 Å². The molecule has 0 saturated carbocycles. The molecule has 0 bridgehead atoms. The number of ether oxygens (including phenoxy) is 3. The van der Waals surface area contributed by atoms with Gasteiger partial charge in [-0.3, -0.25) is 10.1 Å². The lowest BCUT2D eigenvalue weighted by Gasteiger charge is -2.19. The van der Waals surface area contributed by atoms with Crippen LogP contribution in [0.25, 0.3) is 0 Å². The molecule has 0 radical (unpaired) electrons. The van der Waals surface area contributed by atoms with Crippen molar-refractivity contribution in [2.45, 2.75) is 26.4 Å². The summed E-state index contributed by atoms with van der Waals surface area (Å²) in [6.07, 6.45) is -0.545. The summed E-state index contributed by atoms with van der Waals surface area (Å²) in [6, 6.07) is 11.8. The van der Waals surface area contributed by atoms with Crippen LogP contribution in [-0.2, 0) is 4.74 Å². The Labute approximate surface area is 157 Å². The number of nitrogens with one attached hydrogen (secondary N) is 2. The Morgan fingerprint density at radius 2 is 1.52 bits per heavy atom. The fourth-order valence-corrected chi connectivity index (χ4v) is 2.45. The van der Waals surface area contributed by atoms with Crippen LogP contribution in [0.1, 0.15) is 31.1 Å². The van der Waals surface area contributed by atoms with Crippen molar-refractivity contribution < 1.29 is 23.8 Å². The van der Waals surface area contributed by atoms with Crippen molar-refractivity contribution in [1.29, 1.82) is 0 Å². The number of amides is 2. The van der Waals surface area contributed by atoms with Gasteiger partial charge in [0.25, 0.3) is 5.91 Å². The standard InChI is InChI=1S/C20H22N2O5/c1-20(2,3)27-19(24)22-14-6-4-13(5-7-14)18(23)21-15-8-9-16-17(12-15)26-11-10-25-16/h4-9,12H,10-11H2,1-3H3,(H,21,23)(H,22,24). The molecule has 0 atom stereocenters. The monoisotopic (exact) mass is 370 g/mol. The van der Waals surface area contributed by atoms with Crippen molar-refractivity contribution in [2.75, 3.05) is 23.8 Å². The third kappa shape index (κ3) is 5.13. The number of carbonyl (C=O) groups excluding carboxylic acids is 2. The molecule has 2 amide bonds. The van der Waals surface area contributed by atoms with E-state index >= 15 is 0 Å². The zero-order valence-corrected chi connectivity index (χ0v) is 15.5. The van der Waals surface area contributed by atoms with Gasteiger partial charge in [-0.05, 0) is 57.2 Å². The fourth-order valence-electron chi connectivity index (χ4n) is 2.45. The van der Waals surface area contributed by atoms with Crippen molar-refractivity contribution in [2.24, 2.45) is 0 Å². The molecule has 1 aliphatic heterocycles. The molecule has 1 heterocycles. The Hall–Kier alpha value is -3.22. The third-order valence-electron chi connectivity index (χ3n) is 3.59. The number of benzene rings is 2. The fraction of sp³-hybridized carbons (Fsp3) is 0.300. The van der Waals surface area contributed by atoms with Gasteiger partial charge in [0.05, 0.1) is 0 Å². The Bertz CT molecular complexity index is 840. The van der Waals surface area contributed by atoms with Gasteiger partial charge in [-0.15, -0.1) is 0 Å². The van der Waals surface area contributed by atoms with Crippen molar-refractivity contribution in [3.8, 4) is 11.5 Å². The lowest BCUT2D eigenvalue weighted by atomic mass is 10.2. The second-order valence-corrected chi connectivity index (χ2v) is 7.02. The average molecular weight is 370 g/mol. The second-order valence-electron chi connectivity index (χ2n) is 7.02. The molecular formula is C20H22N2O5. The van der Waals surface area contributed by atoms with Gasteiger partial charge in [0.1, 0.15) is 18.8 Å². The number of carbonyl (C=O) groups is 2. The summed E-state index contributed by atoms with van der Waals surface area (Å²) in [6.45, 7) is 6.37. The Morgan fingerprint density at radius 3 is 2.19 bits per heavy atom. The molecule has 1 aliphatic rings. The molecule has 2 N–H and O–H groups in total. The smallest absolute Gasteiger partial charge is 0.412 e. The van der Waals surface area contributed by atoms with Crippen LogP contribution in [0.4, 0.5) is 16.2 Å². The first-order valence-electron chi connectivity index (χ1n) is 8.61. The number of hydrogen-bond donors (Lipinski definition) is 2. The highest BCUT2D eigenvalue weighted by molar-refractivity contribution is 6.04. The van der Waals surface area contributed by atoms with E-state index in [4.69, 9.17) is 14.2 Å². The van der Waals surface area contributed by atoms with Crippen LogP contribution < -0.4 is 20.1 Å². The molecular weight excluding hydrogens is 348 g/mol. The van der Waals surface area contributed by atoms with Gasteiger partial charge in [0.15, 0.2) is 11.5 Å². The number of hydrogen-bond acceptors (Lipinski definition) is 5. The summed E-state index contributed by atoms with van der Waals surface area (Å²) in [5.74, 6) is 1.00. The number of fused-ring (bicyclic) bond motifs is 1. The minimum atomic E-state index is -0.576. The molecule has 142 valence electrons. The predicted molar refractivity (Wildman–Crippen MR) is 102 cm³/mol. The van der Waals surface area contributed by atoms with Crippen LogP contribution in [0.5, 0.6) is 11.5 Å². The zero-order chi connectivity index (χ0) is 19.4. The summed E-state index contributed by atoms with van der Waals surface area (Å²) >= 11 is 0. The number of anilines is 2. The van der Waals surface area contributed by atoms with E-state index in [1.807, 2.05) is 0 Å². The average Bonchev–Trinajstić information content (AvgIpc) is 2.60. The van der Waals surface area contributed by atoms with E-state index in [2.05, 4.69) is 10.6 Å². The highest BCUT2D eigenvalue weighted by Crippen LogP contribution is 2.32. The molecule has 0 unspecified atom stereocenters. The topological polar surface area (TPSA) is 85.9 Å². The summed E-state index contributed by atoms with van der Waals surface area (Å²) in [5.41, 5.74) is 1.04. The predicted octanol–water partition coefficient (Wildman–Crippen LogP) is 4.06. The van der Waals surface area contributed by atoms with Gasteiger partial charge >= 0.3 is 6.09 Å². The lowest BCUT2D eigenvalue weighted by molar-refractivity contribution is 0.0636. The summed E-state index contributed by atoms with van der Waals surface area (Å²) in [4.78, 5) is 24.2. The molecule has 27 heavy (non-hydrogen) atoms. The maximum atomic E-state index is 12.4. The van der Waals surface area contributed by atoms with Gasteiger partial charge in [0, 0.05) is 23.0 Å². The minimum Gasteiger partial charge on any atom is -0.486 e. The van der Waals surface area contributed by atoms with Crippen molar-refractivity contribution in [1.82, 2.24) is 0 Å². The second kappa shape index (κ2) is 7.57. The van der Waals surface area contributed by atoms with Gasteiger partial charge in [-0.2, -0.15) is 0 Å². The molecule has 0 aromatic heterocycles. The first kappa shape index (κ1) is 18.6. The van der Waals surface area contributed by atoms with E-state index in [0.29, 0.717) is 41.7 Å². The number of rotatable bonds is 3. The van der Waals surface area contributed by atoms with Gasteiger partial charge in [-0.1, -0.05) is 0 Å². The van der Waals surface area contributed by atoms with Crippen LogP contribution in [0.3, 0.4) is 0 Å². The third-order valence-corrected chi connectivity index (χ3v) is 3.59. The van der Waals surface area contributed by atoms with E-state index in [1.54, 1.807) is 63.2 Å². The SMILES string of the molecule is CC(C)(C)OC(=O)Nc1ccc(C(=O)Nc2ccc3c(c2)OCCO3)cc1. The summed E-state index contributed by atoms with van der Waals surface area (Å²) in [5, 5.41) is 5.44. The van der Waals surface area contributed by atoms with E-state index in [-0.39, 0.29) is 5.91 Å². The quantitative estimate of drug-likeness (QED) is 0.851. The largest absolute Gasteiger partial charge is 0.486 e. The molecule has 7 nitrogen and oxygen atoms in total. The van der Waals surface area contributed by atoms with Crippen molar-refractivity contribution >= 4 is 23.4 Å². The Kier molecular flexibility index (Phi) is 5.21. The molecule has 2 aromatic rings. The van der Waals surface area contributed by atoms with Crippen LogP contribution >= 0.6 is 0 Å². The first-order chi connectivity index (χ1) is 12.8. The normalized spacial score (nSPS) is 12.9. The van der Waals surface area contributed by atoms with E-state index in [1.165, 1.54) is 0 Å². The molecule has 2 aromatic carbocycles. The maximum Gasteiger partial charge on any atom is 0.412 e. The highest BCUT2D eigenvalue weighted by atomic mass is 16.6. The van der Waals surface area contributed by atoms with Gasteiger partial charge in [-0.25, -0.2) is 4.79 Å². The Balaban J connectivity index is 1.61. The van der Waals surface area contributed by atoms with Crippen LogP contribution in [0.2, 0.25) is 0 Å². The first-order valence-corrected chi connectivity index (χ1v) is 8.61. The highest BCUT2D eigenvalue weighted by Gasteiger charge is 2.17. The molecule has 0 fully saturated rings. The van der Waals surface area contributed by atoms with E-state index in [0.717, 1.165) is 0 Å². The Morgan fingerprint density at radius 1 is 0.889 bits per heavy atom. The maximum absolute atomic E-state index is 12.4. The van der Waals surface area contributed by atoms with Gasteiger partial charge in [0.2, 0.25) is 0 Å². The van der Waals surface area contributed by atoms with Crippen LogP contribution in [0.15, 0.2) is 42.5 Å². The minimum absolute atomic E-state index is 0.268. The lowest BCUT2D eigenvalue weighted by Crippen LogP contribution is -2.27. The van der Waals surface area contributed by atoms with Crippen LogP contribution in [-0.4, -0.2) is 30.8 Å².